The van der Waals surface area contributed by atoms with Crippen LogP contribution in [0.5, 0.6) is 0 Å². The van der Waals surface area contributed by atoms with Crippen LogP contribution in [0.25, 0.3) is 0 Å². The van der Waals surface area contributed by atoms with Crippen LogP contribution >= 0.6 is 15.9 Å². The van der Waals surface area contributed by atoms with E-state index in [1.165, 1.54) is 12.8 Å². The van der Waals surface area contributed by atoms with Crippen LogP contribution in [-0.4, -0.2) is 17.7 Å². The second-order valence-corrected chi connectivity index (χ2v) is 5.57. The van der Waals surface area contributed by atoms with E-state index < -0.39 is 6.10 Å². The first-order valence-corrected chi connectivity index (χ1v) is 7.04. The van der Waals surface area contributed by atoms with Crippen molar-refractivity contribution in [1.82, 2.24) is 0 Å². The molecule has 0 aliphatic heterocycles. The molecule has 1 aromatic rings. The summed E-state index contributed by atoms with van der Waals surface area (Å²) in [4.78, 5) is 2.29. The first-order chi connectivity index (χ1) is 8.63. The van der Waals surface area contributed by atoms with Crippen molar-refractivity contribution in [2.24, 2.45) is 0 Å². The van der Waals surface area contributed by atoms with Gasteiger partial charge in [0.15, 0.2) is 0 Å². The van der Waals surface area contributed by atoms with Crippen molar-refractivity contribution in [2.75, 3.05) is 11.4 Å². The van der Waals surface area contributed by atoms with Gasteiger partial charge >= 0.3 is 0 Å². The Morgan fingerprint density at radius 2 is 2.28 bits per heavy atom. The van der Waals surface area contributed by atoms with Gasteiger partial charge in [-0.15, -0.1) is 0 Å². The molecule has 4 heteroatoms. The summed E-state index contributed by atoms with van der Waals surface area (Å²) in [5.74, 6) is 0. The fourth-order valence-corrected chi connectivity index (χ4v) is 2.81. The van der Waals surface area contributed by atoms with Gasteiger partial charge in [0, 0.05) is 22.7 Å². The number of rotatable bonds is 5. The van der Waals surface area contributed by atoms with Crippen molar-refractivity contribution in [3.8, 4) is 6.07 Å². The number of hydrogen-bond acceptors (Lipinski definition) is 3. The number of aliphatic hydroxyl groups is 1. The number of anilines is 1. The molecule has 1 aromatic carbocycles. The highest BCUT2D eigenvalue weighted by atomic mass is 79.9. The van der Waals surface area contributed by atoms with Crippen LogP contribution in [0.2, 0.25) is 0 Å². The molecule has 0 bridgehead atoms. The predicted molar refractivity (Wildman–Crippen MR) is 75.4 cm³/mol. The Balaban J connectivity index is 2.20. The van der Waals surface area contributed by atoms with Crippen LogP contribution in [0.4, 0.5) is 5.69 Å². The SMILES string of the molecule is CC(O)c1ccc(N(CCC#N)C2CC2)cc1Br. The molecular weight excluding hydrogens is 292 g/mol. The quantitative estimate of drug-likeness (QED) is 0.907. The van der Waals surface area contributed by atoms with E-state index in [0.717, 1.165) is 22.3 Å². The molecule has 1 fully saturated rings. The molecule has 2 rings (SSSR count). The predicted octanol–water partition coefficient (Wildman–Crippen LogP) is 3.38. The molecule has 0 amide bonds. The summed E-state index contributed by atoms with van der Waals surface area (Å²) >= 11 is 3.50. The second-order valence-electron chi connectivity index (χ2n) is 4.71. The van der Waals surface area contributed by atoms with E-state index in [1.807, 2.05) is 18.2 Å². The van der Waals surface area contributed by atoms with Crippen LogP contribution in [0.15, 0.2) is 22.7 Å². The third kappa shape index (κ3) is 3.04. The van der Waals surface area contributed by atoms with Gasteiger partial charge in [-0.1, -0.05) is 22.0 Å². The van der Waals surface area contributed by atoms with Crippen LogP contribution in [0, 0.1) is 11.3 Å². The average molecular weight is 309 g/mol. The summed E-state index contributed by atoms with van der Waals surface area (Å²) in [5, 5.41) is 18.3. The Kier molecular flexibility index (Phi) is 4.26. The van der Waals surface area contributed by atoms with Gasteiger partial charge < -0.3 is 10.0 Å². The lowest BCUT2D eigenvalue weighted by atomic mass is 10.1. The van der Waals surface area contributed by atoms with Crippen LogP contribution < -0.4 is 4.90 Å². The zero-order valence-electron chi connectivity index (χ0n) is 10.4. The van der Waals surface area contributed by atoms with Gasteiger partial charge in [-0.3, -0.25) is 0 Å². The highest BCUT2D eigenvalue weighted by molar-refractivity contribution is 9.10. The van der Waals surface area contributed by atoms with Crippen molar-refractivity contribution in [3.63, 3.8) is 0 Å². The van der Waals surface area contributed by atoms with Crippen molar-refractivity contribution in [1.29, 1.82) is 5.26 Å². The standard InChI is InChI=1S/C14H17BrN2O/c1-10(18)13-6-5-12(9-14(13)15)17(8-2-7-16)11-3-4-11/h5-6,9-11,18H,2-4,8H2,1H3. The maximum absolute atomic E-state index is 9.61. The van der Waals surface area contributed by atoms with Crippen molar-refractivity contribution < 1.29 is 5.11 Å². The molecule has 0 aromatic heterocycles. The summed E-state index contributed by atoms with van der Waals surface area (Å²) in [6.45, 7) is 2.54. The molecule has 0 heterocycles. The zero-order chi connectivity index (χ0) is 13.1. The lowest BCUT2D eigenvalue weighted by Gasteiger charge is -2.24. The van der Waals surface area contributed by atoms with E-state index >= 15 is 0 Å². The summed E-state index contributed by atoms with van der Waals surface area (Å²) in [6.07, 6.45) is 2.50. The number of halogens is 1. The smallest absolute Gasteiger partial charge is 0.0772 e. The largest absolute Gasteiger partial charge is 0.389 e. The number of nitrogens with zero attached hydrogens (tertiary/aromatic N) is 2. The third-order valence-corrected chi connectivity index (χ3v) is 3.90. The highest BCUT2D eigenvalue weighted by Crippen LogP contribution is 2.35. The van der Waals surface area contributed by atoms with E-state index in [0.29, 0.717) is 12.5 Å². The fourth-order valence-electron chi connectivity index (χ4n) is 2.11. The molecule has 1 aliphatic rings. The minimum atomic E-state index is -0.470. The van der Waals surface area contributed by atoms with E-state index in [9.17, 15) is 5.11 Å². The molecule has 18 heavy (non-hydrogen) atoms. The molecule has 96 valence electrons. The van der Waals surface area contributed by atoms with Crippen LogP contribution in [-0.2, 0) is 0 Å². The van der Waals surface area contributed by atoms with Crippen molar-refractivity contribution >= 4 is 21.6 Å². The fraction of sp³-hybridized carbons (Fsp3) is 0.500. The first kappa shape index (κ1) is 13.4. The maximum Gasteiger partial charge on any atom is 0.0772 e. The minimum Gasteiger partial charge on any atom is -0.389 e. The van der Waals surface area contributed by atoms with E-state index in [2.05, 4.69) is 26.9 Å². The van der Waals surface area contributed by atoms with Crippen molar-refractivity contribution in [2.45, 2.75) is 38.3 Å². The van der Waals surface area contributed by atoms with E-state index in [1.54, 1.807) is 6.92 Å². The minimum absolute atomic E-state index is 0.470. The lowest BCUT2D eigenvalue weighted by Crippen LogP contribution is -2.26. The van der Waals surface area contributed by atoms with Gasteiger partial charge in [0.25, 0.3) is 0 Å². The Labute approximate surface area is 116 Å². The van der Waals surface area contributed by atoms with Gasteiger partial charge in [0.05, 0.1) is 18.6 Å². The molecule has 1 aliphatic carbocycles. The monoisotopic (exact) mass is 308 g/mol. The topological polar surface area (TPSA) is 47.3 Å². The van der Waals surface area contributed by atoms with Gasteiger partial charge in [-0.2, -0.15) is 5.26 Å². The molecule has 0 saturated heterocycles. The zero-order valence-corrected chi connectivity index (χ0v) is 12.0. The van der Waals surface area contributed by atoms with E-state index in [4.69, 9.17) is 5.26 Å². The van der Waals surface area contributed by atoms with E-state index in [-0.39, 0.29) is 0 Å². The molecular formula is C14H17BrN2O. The molecule has 1 atom stereocenters. The summed E-state index contributed by atoms with van der Waals surface area (Å²) < 4.78 is 0.928. The summed E-state index contributed by atoms with van der Waals surface area (Å²) in [7, 11) is 0. The van der Waals surface area contributed by atoms with Crippen molar-refractivity contribution in [3.05, 3.63) is 28.2 Å². The van der Waals surface area contributed by atoms with Crippen LogP contribution in [0.3, 0.4) is 0 Å². The Bertz CT molecular complexity index is 463. The Morgan fingerprint density at radius 3 is 2.78 bits per heavy atom. The summed E-state index contributed by atoms with van der Waals surface area (Å²) in [6, 6.07) is 8.81. The second kappa shape index (κ2) is 5.73. The Morgan fingerprint density at radius 1 is 1.56 bits per heavy atom. The van der Waals surface area contributed by atoms with Gasteiger partial charge in [0.1, 0.15) is 0 Å². The number of hydrogen-bond donors (Lipinski definition) is 1. The van der Waals surface area contributed by atoms with Gasteiger partial charge in [-0.25, -0.2) is 0 Å². The average Bonchev–Trinajstić information content (AvgIpc) is 3.13. The third-order valence-electron chi connectivity index (χ3n) is 3.22. The normalized spacial score (nSPS) is 16.1. The maximum atomic E-state index is 9.61. The van der Waals surface area contributed by atoms with Crippen LogP contribution in [0.1, 0.15) is 37.9 Å². The number of benzene rings is 1. The van der Waals surface area contributed by atoms with Gasteiger partial charge in [0.2, 0.25) is 0 Å². The molecule has 3 nitrogen and oxygen atoms in total. The molecule has 1 saturated carbocycles. The lowest BCUT2D eigenvalue weighted by molar-refractivity contribution is 0.198. The number of aliphatic hydroxyl groups excluding tert-OH is 1. The molecule has 1 unspecified atom stereocenters. The summed E-state index contributed by atoms with van der Waals surface area (Å²) in [5.41, 5.74) is 2.03. The molecule has 0 radical (unpaired) electrons. The highest BCUT2D eigenvalue weighted by Gasteiger charge is 2.29. The Hall–Kier alpha value is -1.05. The van der Waals surface area contributed by atoms with Gasteiger partial charge in [-0.05, 0) is 37.5 Å². The number of nitriles is 1. The molecule has 0 spiro atoms. The molecule has 1 N–H and O–H groups in total. The first-order valence-electron chi connectivity index (χ1n) is 6.24.